The Balaban J connectivity index is 1.95. The number of aliphatic hydroxyl groups is 2. The van der Waals surface area contributed by atoms with Gasteiger partial charge in [0, 0.05) is 31.3 Å². The van der Waals surface area contributed by atoms with Gasteiger partial charge in [-0.2, -0.15) is 0 Å². The van der Waals surface area contributed by atoms with Gasteiger partial charge < -0.3 is 29.0 Å². The second-order valence-electron chi connectivity index (χ2n) is 8.07. The second kappa shape index (κ2) is 8.04. The minimum Gasteiger partial charge on any atom is -0.487 e. The van der Waals surface area contributed by atoms with Gasteiger partial charge in [-0.25, -0.2) is 4.79 Å². The van der Waals surface area contributed by atoms with E-state index in [9.17, 15) is 14.7 Å². The smallest absolute Gasteiger partial charge is 0.336 e. The van der Waals surface area contributed by atoms with Crippen LogP contribution < -0.4 is 15.1 Å². The first-order valence-electron chi connectivity index (χ1n) is 9.56. The van der Waals surface area contributed by atoms with E-state index in [1.54, 1.807) is 13.0 Å². The number of carbonyl (C=O) groups is 1. The summed E-state index contributed by atoms with van der Waals surface area (Å²) >= 11 is 0. The molecule has 2 aromatic rings. The number of likely N-dealkylation sites (N-methyl/N-ethyl adjacent to an activating group) is 1. The molecule has 2 heterocycles. The van der Waals surface area contributed by atoms with E-state index < -0.39 is 18.3 Å². The number of rotatable bonds is 6. The summed E-state index contributed by atoms with van der Waals surface area (Å²) in [4.78, 5) is 25.6. The highest BCUT2D eigenvalue weighted by atomic mass is 16.5. The quantitative estimate of drug-likeness (QED) is 0.699. The van der Waals surface area contributed by atoms with Crippen LogP contribution >= 0.6 is 0 Å². The monoisotopic (exact) mass is 405 g/mol. The van der Waals surface area contributed by atoms with E-state index >= 15 is 0 Å². The number of aryl methyl sites for hydroxylation is 2. The number of hydrogen-bond acceptors (Lipinski definition) is 7. The molecular weight excluding hydrogens is 378 g/mol. The fraction of sp³-hybridized carbons (Fsp3) is 0.524. The summed E-state index contributed by atoms with van der Waals surface area (Å²) in [5.74, 6) is 0.607. The lowest BCUT2D eigenvalue weighted by Crippen LogP contribution is -2.38. The first kappa shape index (κ1) is 21.1. The van der Waals surface area contributed by atoms with Gasteiger partial charge in [-0.05, 0) is 39.2 Å². The average molecular weight is 405 g/mol. The molecule has 1 aliphatic heterocycles. The molecule has 3 rings (SSSR count). The predicted molar refractivity (Wildman–Crippen MR) is 106 cm³/mol. The van der Waals surface area contributed by atoms with Crippen molar-refractivity contribution in [1.29, 1.82) is 0 Å². The van der Waals surface area contributed by atoms with Crippen molar-refractivity contribution in [2.75, 3.05) is 26.8 Å². The number of carbonyl (C=O) groups excluding carboxylic acids is 1. The lowest BCUT2D eigenvalue weighted by Gasteiger charge is -2.33. The van der Waals surface area contributed by atoms with Crippen molar-refractivity contribution in [1.82, 2.24) is 4.90 Å². The summed E-state index contributed by atoms with van der Waals surface area (Å²) < 4.78 is 17.4. The van der Waals surface area contributed by atoms with Crippen LogP contribution in [0, 0.1) is 6.92 Å². The third-order valence-electron chi connectivity index (χ3n) is 5.07. The third-order valence-corrected chi connectivity index (χ3v) is 5.07. The number of aliphatic hydroxyl groups excluding tert-OH is 2. The van der Waals surface area contributed by atoms with E-state index in [0.717, 1.165) is 12.0 Å². The van der Waals surface area contributed by atoms with E-state index in [0.29, 0.717) is 34.5 Å². The molecule has 2 N–H and O–H groups in total. The summed E-state index contributed by atoms with van der Waals surface area (Å²) in [6, 6.07) is 3.13. The Hall–Kier alpha value is -2.58. The zero-order valence-electron chi connectivity index (χ0n) is 17.2. The molecule has 0 bridgehead atoms. The number of hydrogen-bond donors (Lipinski definition) is 2. The molecule has 8 heteroatoms. The van der Waals surface area contributed by atoms with Gasteiger partial charge in [0.25, 0.3) is 5.91 Å². The van der Waals surface area contributed by atoms with Crippen molar-refractivity contribution in [3.05, 3.63) is 33.7 Å². The largest absolute Gasteiger partial charge is 0.487 e. The van der Waals surface area contributed by atoms with Gasteiger partial charge in [0.15, 0.2) is 6.61 Å². The highest BCUT2D eigenvalue weighted by Crippen LogP contribution is 2.42. The fourth-order valence-electron chi connectivity index (χ4n) is 3.46. The first-order chi connectivity index (χ1) is 13.6. The fourth-order valence-corrected chi connectivity index (χ4v) is 3.46. The molecule has 1 aromatic carbocycles. The zero-order valence-corrected chi connectivity index (χ0v) is 17.2. The first-order valence-corrected chi connectivity index (χ1v) is 9.56. The van der Waals surface area contributed by atoms with Gasteiger partial charge in [-0.1, -0.05) is 0 Å². The van der Waals surface area contributed by atoms with Crippen LogP contribution in [-0.2, 0) is 11.2 Å². The predicted octanol–water partition coefficient (Wildman–Crippen LogP) is 1.40. The van der Waals surface area contributed by atoms with Crippen LogP contribution in [0.2, 0.25) is 0 Å². The number of ether oxygens (including phenoxy) is 2. The highest BCUT2D eigenvalue weighted by Gasteiger charge is 2.30. The lowest BCUT2D eigenvalue weighted by molar-refractivity contribution is -0.133. The number of nitrogens with zero attached hydrogens (tertiary/aromatic N) is 1. The van der Waals surface area contributed by atoms with E-state index in [-0.39, 0.29) is 24.7 Å². The number of amides is 1. The minimum atomic E-state index is -1.01. The van der Waals surface area contributed by atoms with Crippen LogP contribution in [-0.4, -0.2) is 59.5 Å². The van der Waals surface area contributed by atoms with Gasteiger partial charge in [0.2, 0.25) is 0 Å². The summed E-state index contributed by atoms with van der Waals surface area (Å²) in [7, 11) is 1.52. The van der Waals surface area contributed by atoms with E-state index in [1.807, 2.05) is 13.8 Å². The molecule has 29 heavy (non-hydrogen) atoms. The SMILES string of the molecule is Cc1cc(=O)oc2c3c(cc(OCC(=O)N(C)C[C@@H](O)CO)c12)OC(C)(C)CC3. The maximum Gasteiger partial charge on any atom is 0.336 e. The van der Waals surface area contributed by atoms with Crippen molar-refractivity contribution in [2.24, 2.45) is 0 Å². The van der Waals surface area contributed by atoms with Crippen LogP contribution in [0.5, 0.6) is 11.5 Å². The molecule has 0 fully saturated rings. The van der Waals surface area contributed by atoms with Gasteiger partial charge in [-0.3, -0.25) is 4.79 Å². The average Bonchev–Trinajstić information content (AvgIpc) is 2.63. The van der Waals surface area contributed by atoms with Crippen LogP contribution in [0.15, 0.2) is 21.3 Å². The minimum absolute atomic E-state index is 0.00513. The Bertz CT molecular complexity index is 979. The van der Waals surface area contributed by atoms with Crippen molar-refractivity contribution >= 4 is 16.9 Å². The van der Waals surface area contributed by atoms with Crippen molar-refractivity contribution < 1.29 is 28.9 Å². The Morgan fingerprint density at radius 1 is 1.38 bits per heavy atom. The highest BCUT2D eigenvalue weighted by molar-refractivity contribution is 5.91. The molecule has 0 saturated heterocycles. The van der Waals surface area contributed by atoms with Crippen LogP contribution in [0.25, 0.3) is 11.0 Å². The molecule has 1 aliphatic rings. The Kier molecular flexibility index (Phi) is 5.86. The molecule has 0 unspecified atom stereocenters. The third kappa shape index (κ3) is 4.54. The standard InChI is InChI=1S/C21H27NO7/c1-12-7-18(26)28-20-14-5-6-21(2,3)29-15(14)8-16(19(12)20)27-11-17(25)22(4)9-13(24)10-23/h7-8,13,23-24H,5-6,9-11H2,1-4H3/t13-/m1/s1. The van der Waals surface area contributed by atoms with Crippen LogP contribution in [0.1, 0.15) is 31.4 Å². The molecule has 1 aromatic heterocycles. The molecule has 8 nitrogen and oxygen atoms in total. The second-order valence-corrected chi connectivity index (χ2v) is 8.07. The summed E-state index contributed by atoms with van der Waals surface area (Å²) in [5, 5.41) is 19.1. The van der Waals surface area contributed by atoms with E-state index in [1.165, 1.54) is 18.0 Å². The Labute approximate surface area is 168 Å². The topological polar surface area (TPSA) is 109 Å². The zero-order chi connectivity index (χ0) is 21.3. The summed E-state index contributed by atoms with van der Waals surface area (Å²) in [5.41, 5.74) is 1.12. The maximum atomic E-state index is 12.3. The van der Waals surface area contributed by atoms with E-state index in [4.69, 9.17) is 19.0 Å². The van der Waals surface area contributed by atoms with Crippen molar-refractivity contribution in [3.63, 3.8) is 0 Å². The number of fused-ring (bicyclic) bond motifs is 3. The normalized spacial score (nSPS) is 16.1. The molecule has 1 atom stereocenters. The maximum absolute atomic E-state index is 12.3. The molecule has 0 spiro atoms. The van der Waals surface area contributed by atoms with Crippen molar-refractivity contribution in [3.8, 4) is 11.5 Å². The van der Waals surface area contributed by atoms with E-state index in [2.05, 4.69) is 0 Å². The molecule has 0 radical (unpaired) electrons. The van der Waals surface area contributed by atoms with Gasteiger partial charge >= 0.3 is 5.63 Å². The summed E-state index contributed by atoms with van der Waals surface area (Å²) in [6.07, 6.45) is 0.469. The Morgan fingerprint density at radius 3 is 2.79 bits per heavy atom. The molecular formula is C21H27NO7. The summed E-state index contributed by atoms with van der Waals surface area (Å²) in [6.45, 7) is 5.05. The van der Waals surface area contributed by atoms with Crippen molar-refractivity contribution in [2.45, 2.75) is 45.3 Å². The lowest BCUT2D eigenvalue weighted by atomic mass is 9.92. The Morgan fingerprint density at radius 2 is 2.10 bits per heavy atom. The molecule has 0 aliphatic carbocycles. The van der Waals surface area contributed by atoms with Gasteiger partial charge in [0.05, 0.1) is 18.1 Å². The van der Waals surface area contributed by atoms with Crippen LogP contribution in [0.4, 0.5) is 0 Å². The molecule has 1 amide bonds. The van der Waals surface area contributed by atoms with Gasteiger partial charge in [0.1, 0.15) is 22.7 Å². The molecule has 0 saturated carbocycles. The van der Waals surface area contributed by atoms with Gasteiger partial charge in [-0.15, -0.1) is 0 Å². The molecule has 158 valence electrons. The number of benzene rings is 1. The van der Waals surface area contributed by atoms with Crippen LogP contribution in [0.3, 0.4) is 0 Å².